The molecule has 1 aliphatic carbocycles. The van der Waals surface area contributed by atoms with E-state index in [4.69, 9.17) is 4.52 Å². The summed E-state index contributed by atoms with van der Waals surface area (Å²) in [4.78, 5) is 12.4. The molecule has 0 spiro atoms. The Balaban J connectivity index is 1.86. The second kappa shape index (κ2) is 5.89. The molecule has 0 saturated heterocycles. The summed E-state index contributed by atoms with van der Waals surface area (Å²) in [5.41, 5.74) is 1.57. The Bertz CT molecular complexity index is 682. The van der Waals surface area contributed by atoms with Gasteiger partial charge >= 0.3 is 0 Å². The van der Waals surface area contributed by atoms with E-state index >= 15 is 0 Å². The Morgan fingerprint density at radius 2 is 2.10 bits per heavy atom. The number of fused-ring (bicyclic) bond motifs is 1. The Morgan fingerprint density at radius 1 is 1.29 bits per heavy atom. The van der Waals surface area contributed by atoms with Gasteiger partial charge < -0.3 is 14.9 Å². The summed E-state index contributed by atoms with van der Waals surface area (Å²) in [5, 5.41) is 16.4. The highest BCUT2D eigenvalue weighted by Gasteiger charge is 2.23. The van der Waals surface area contributed by atoms with E-state index in [0.717, 1.165) is 47.9 Å². The van der Waals surface area contributed by atoms with Gasteiger partial charge in [-0.05, 0) is 37.5 Å². The van der Waals surface area contributed by atoms with Crippen LogP contribution in [0.25, 0.3) is 0 Å². The highest BCUT2D eigenvalue weighted by molar-refractivity contribution is 9.10. The summed E-state index contributed by atoms with van der Waals surface area (Å²) in [6.07, 6.45) is 4.88. The summed E-state index contributed by atoms with van der Waals surface area (Å²) in [6, 6.07) is 4.86. The molecule has 1 heterocycles. The van der Waals surface area contributed by atoms with E-state index in [2.05, 4.69) is 26.4 Å². The minimum atomic E-state index is -0.352. The number of amides is 1. The standard InChI is InChI=1S/C15H15BrN2O3/c16-9-6-7-12(19)11(8-9)17-15(20)14-10-4-2-1-3-5-13(10)21-18-14/h6-8,19H,1-5H2,(H,17,20). The molecule has 0 saturated carbocycles. The molecule has 1 aromatic heterocycles. The summed E-state index contributed by atoms with van der Waals surface area (Å²) >= 11 is 3.31. The second-order valence-electron chi connectivity index (χ2n) is 5.11. The molecule has 0 aliphatic heterocycles. The van der Waals surface area contributed by atoms with Crippen molar-refractivity contribution in [3.63, 3.8) is 0 Å². The van der Waals surface area contributed by atoms with E-state index in [1.807, 2.05) is 0 Å². The van der Waals surface area contributed by atoms with Gasteiger partial charge in [-0.2, -0.15) is 0 Å². The van der Waals surface area contributed by atoms with Gasteiger partial charge in [0.1, 0.15) is 11.5 Å². The van der Waals surface area contributed by atoms with Gasteiger partial charge in [-0.3, -0.25) is 4.79 Å². The van der Waals surface area contributed by atoms with Crippen molar-refractivity contribution in [3.05, 3.63) is 39.7 Å². The minimum absolute atomic E-state index is 0.0149. The fraction of sp³-hybridized carbons (Fsp3) is 0.333. The predicted molar refractivity (Wildman–Crippen MR) is 81.5 cm³/mol. The molecular weight excluding hydrogens is 336 g/mol. The van der Waals surface area contributed by atoms with Crippen LogP contribution in [0.15, 0.2) is 27.2 Å². The number of hydrogen-bond acceptors (Lipinski definition) is 4. The maximum absolute atomic E-state index is 12.4. The van der Waals surface area contributed by atoms with Crippen molar-refractivity contribution in [2.75, 3.05) is 5.32 Å². The van der Waals surface area contributed by atoms with Crippen LogP contribution in [0.3, 0.4) is 0 Å². The van der Waals surface area contributed by atoms with Gasteiger partial charge in [-0.25, -0.2) is 0 Å². The normalized spacial score (nSPS) is 14.3. The minimum Gasteiger partial charge on any atom is -0.506 e. The van der Waals surface area contributed by atoms with Crippen LogP contribution in [-0.2, 0) is 12.8 Å². The van der Waals surface area contributed by atoms with Crippen LogP contribution in [0.5, 0.6) is 5.75 Å². The molecule has 0 bridgehead atoms. The van der Waals surface area contributed by atoms with Crippen LogP contribution in [-0.4, -0.2) is 16.2 Å². The van der Waals surface area contributed by atoms with Crippen molar-refractivity contribution in [1.82, 2.24) is 5.16 Å². The Hall–Kier alpha value is -1.82. The SMILES string of the molecule is O=C(Nc1cc(Br)ccc1O)c1noc2c1CCCCC2. The van der Waals surface area contributed by atoms with Crippen molar-refractivity contribution in [2.45, 2.75) is 32.1 Å². The van der Waals surface area contributed by atoms with Crippen LogP contribution in [0.1, 0.15) is 41.1 Å². The Morgan fingerprint density at radius 3 is 2.95 bits per heavy atom. The van der Waals surface area contributed by atoms with Gasteiger partial charge in [0.2, 0.25) is 0 Å². The van der Waals surface area contributed by atoms with Crippen LogP contribution < -0.4 is 5.32 Å². The summed E-state index contributed by atoms with van der Waals surface area (Å²) in [5.74, 6) is 0.479. The number of aryl methyl sites for hydroxylation is 1. The molecule has 5 nitrogen and oxygen atoms in total. The third-order valence-electron chi connectivity index (χ3n) is 3.62. The smallest absolute Gasteiger partial charge is 0.278 e. The molecule has 2 N–H and O–H groups in total. The fourth-order valence-corrected chi connectivity index (χ4v) is 2.89. The van der Waals surface area contributed by atoms with Crippen molar-refractivity contribution in [1.29, 1.82) is 0 Å². The quantitative estimate of drug-likeness (QED) is 0.640. The second-order valence-corrected chi connectivity index (χ2v) is 6.02. The molecule has 110 valence electrons. The third-order valence-corrected chi connectivity index (χ3v) is 4.12. The van der Waals surface area contributed by atoms with Gasteiger partial charge in [0.05, 0.1) is 5.69 Å². The Kier molecular flexibility index (Phi) is 3.96. The van der Waals surface area contributed by atoms with Gasteiger partial charge in [-0.15, -0.1) is 0 Å². The number of aromatic hydroxyl groups is 1. The first-order valence-corrected chi connectivity index (χ1v) is 7.72. The number of halogens is 1. The van der Waals surface area contributed by atoms with Crippen LogP contribution >= 0.6 is 15.9 Å². The zero-order valence-electron chi connectivity index (χ0n) is 11.4. The van der Waals surface area contributed by atoms with Crippen molar-refractivity contribution in [3.8, 4) is 5.75 Å². The van der Waals surface area contributed by atoms with E-state index in [-0.39, 0.29) is 11.7 Å². The lowest BCUT2D eigenvalue weighted by molar-refractivity contribution is 0.101. The average Bonchev–Trinajstić information content (AvgIpc) is 2.72. The molecule has 0 unspecified atom stereocenters. The molecule has 3 rings (SSSR count). The van der Waals surface area contributed by atoms with Crippen LogP contribution in [0.2, 0.25) is 0 Å². The van der Waals surface area contributed by atoms with E-state index in [1.54, 1.807) is 12.1 Å². The zero-order chi connectivity index (χ0) is 14.8. The molecule has 1 amide bonds. The molecule has 6 heteroatoms. The summed E-state index contributed by atoms with van der Waals surface area (Å²) in [7, 11) is 0. The van der Waals surface area contributed by atoms with Crippen molar-refractivity contribution >= 4 is 27.5 Å². The van der Waals surface area contributed by atoms with Crippen LogP contribution in [0.4, 0.5) is 5.69 Å². The van der Waals surface area contributed by atoms with Crippen LogP contribution in [0, 0.1) is 0 Å². The number of phenols is 1. The van der Waals surface area contributed by atoms with E-state index in [1.165, 1.54) is 6.07 Å². The number of carbonyl (C=O) groups is 1. The molecular formula is C15H15BrN2O3. The number of nitrogens with zero attached hydrogens (tertiary/aromatic N) is 1. The van der Waals surface area contributed by atoms with Gasteiger partial charge in [0.25, 0.3) is 5.91 Å². The lowest BCUT2D eigenvalue weighted by atomic mass is 10.1. The summed E-state index contributed by atoms with van der Waals surface area (Å²) in [6.45, 7) is 0. The molecule has 0 atom stereocenters. The lowest BCUT2D eigenvalue weighted by Gasteiger charge is -2.07. The van der Waals surface area contributed by atoms with E-state index in [0.29, 0.717) is 11.4 Å². The topological polar surface area (TPSA) is 75.4 Å². The van der Waals surface area contributed by atoms with Gasteiger partial charge in [0.15, 0.2) is 5.69 Å². The zero-order valence-corrected chi connectivity index (χ0v) is 12.9. The first kappa shape index (κ1) is 14.1. The first-order chi connectivity index (χ1) is 10.1. The van der Waals surface area contributed by atoms with Gasteiger partial charge in [0, 0.05) is 16.5 Å². The molecule has 21 heavy (non-hydrogen) atoms. The number of benzene rings is 1. The average molecular weight is 351 g/mol. The maximum atomic E-state index is 12.4. The molecule has 2 aromatic rings. The van der Waals surface area contributed by atoms with E-state index in [9.17, 15) is 9.90 Å². The summed E-state index contributed by atoms with van der Waals surface area (Å²) < 4.78 is 6.07. The predicted octanol–water partition coefficient (Wildman–Crippen LogP) is 3.66. The molecule has 1 aromatic carbocycles. The van der Waals surface area contributed by atoms with E-state index < -0.39 is 0 Å². The third kappa shape index (κ3) is 2.95. The van der Waals surface area contributed by atoms with Crippen molar-refractivity contribution < 1.29 is 14.4 Å². The number of nitrogens with one attached hydrogen (secondary N) is 1. The number of aromatic nitrogens is 1. The van der Waals surface area contributed by atoms with Gasteiger partial charge in [-0.1, -0.05) is 27.5 Å². The number of rotatable bonds is 2. The lowest BCUT2D eigenvalue weighted by Crippen LogP contribution is -2.14. The largest absolute Gasteiger partial charge is 0.506 e. The number of hydrogen-bond donors (Lipinski definition) is 2. The Labute approximate surface area is 130 Å². The number of anilines is 1. The molecule has 1 aliphatic rings. The number of carbonyl (C=O) groups excluding carboxylic acids is 1. The maximum Gasteiger partial charge on any atom is 0.278 e. The molecule has 0 fully saturated rings. The number of phenolic OH excluding ortho intramolecular Hbond substituents is 1. The highest BCUT2D eigenvalue weighted by atomic mass is 79.9. The first-order valence-electron chi connectivity index (χ1n) is 6.92. The fourth-order valence-electron chi connectivity index (χ4n) is 2.53. The van der Waals surface area contributed by atoms with Crippen molar-refractivity contribution in [2.24, 2.45) is 0 Å². The highest BCUT2D eigenvalue weighted by Crippen LogP contribution is 2.28. The monoisotopic (exact) mass is 350 g/mol. The molecule has 0 radical (unpaired) electrons.